The SMILES string of the molecule is CC(C)C(CN(C)C)Nc1cc(Cl)c(F)cc1N. The molecular formula is C13H21ClFN3. The van der Waals surface area contributed by atoms with Gasteiger partial charge in [-0.25, -0.2) is 4.39 Å². The molecule has 0 aliphatic carbocycles. The largest absolute Gasteiger partial charge is 0.397 e. The molecule has 3 nitrogen and oxygen atoms in total. The summed E-state index contributed by atoms with van der Waals surface area (Å²) in [6.45, 7) is 5.12. The smallest absolute Gasteiger partial charge is 0.143 e. The first kappa shape index (κ1) is 15.1. The second-order valence-electron chi connectivity index (χ2n) is 5.11. The number of halogens is 2. The van der Waals surface area contributed by atoms with Gasteiger partial charge < -0.3 is 16.0 Å². The van der Waals surface area contributed by atoms with E-state index >= 15 is 0 Å². The molecule has 0 heterocycles. The summed E-state index contributed by atoms with van der Waals surface area (Å²) in [5.41, 5.74) is 6.85. The van der Waals surface area contributed by atoms with Crippen LogP contribution in [-0.2, 0) is 0 Å². The van der Waals surface area contributed by atoms with E-state index in [1.165, 1.54) is 12.1 Å². The fourth-order valence-electron chi connectivity index (χ4n) is 1.70. The summed E-state index contributed by atoms with van der Waals surface area (Å²) in [6.07, 6.45) is 0. The highest BCUT2D eigenvalue weighted by Crippen LogP contribution is 2.27. The predicted molar refractivity (Wildman–Crippen MR) is 76.6 cm³/mol. The summed E-state index contributed by atoms with van der Waals surface area (Å²) in [5.74, 6) is -0.0657. The average molecular weight is 274 g/mol. The third-order valence-corrected chi connectivity index (χ3v) is 3.09. The third kappa shape index (κ3) is 4.03. The van der Waals surface area contributed by atoms with Crippen LogP contribution in [0.5, 0.6) is 0 Å². The van der Waals surface area contributed by atoms with Gasteiger partial charge in [0.05, 0.1) is 16.4 Å². The third-order valence-electron chi connectivity index (χ3n) is 2.80. The van der Waals surface area contributed by atoms with E-state index in [0.29, 0.717) is 17.3 Å². The minimum absolute atomic E-state index is 0.0825. The van der Waals surface area contributed by atoms with E-state index in [9.17, 15) is 4.39 Å². The molecule has 0 radical (unpaired) electrons. The monoisotopic (exact) mass is 273 g/mol. The molecule has 0 aliphatic rings. The molecule has 5 heteroatoms. The Morgan fingerprint density at radius 1 is 1.39 bits per heavy atom. The quantitative estimate of drug-likeness (QED) is 0.810. The van der Waals surface area contributed by atoms with Crippen LogP contribution in [0.4, 0.5) is 15.8 Å². The summed E-state index contributed by atoms with van der Waals surface area (Å²) >= 11 is 5.77. The van der Waals surface area contributed by atoms with Crippen molar-refractivity contribution in [2.45, 2.75) is 19.9 Å². The first-order valence-corrected chi connectivity index (χ1v) is 6.34. The number of nitrogens with one attached hydrogen (secondary N) is 1. The Bertz CT molecular complexity index is 407. The maximum Gasteiger partial charge on any atom is 0.143 e. The van der Waals surface area contributed by atoms with Crippen molar-refractivity contribution in [2.75, 3.05) is 31.7 Å². The van der Waals surface area contributed by atoms with Crippen LogP contribution in [0.3, 0.4) is 0 Å². The van der Waals surface area contributed by atoms with E-state index in [-0.39, 0.29) is 11.1 Å². The predicted octanol–water partition coefficient (Wildman–Crippen LogP) is 3.06. The van der Waals surface area contributed by atoms with Crippen LogP contribution in [0.1, 0.15) is 13.8 Å². The Morgan fingerprint density at radius 3 is 2.50 bits per heavy atom. The van der Waals surface area contributed by atoms with E-state index < -0.39 is 5.82 Å². The van der Waals surface area contributed by atoms with Crippen LogP contribution in [0, 0.1) is 11.7 Å². The second-order valence-corrected chi connectivity index (χ2v) is 5.52. The van der Waals surface area contributed by atoms with Gasteiger partial charge in [-0.15, -0.1) is 0 Å². The molecule has 0 amide bonds. The molecule has 1 rings (SSSR count). The van der Waals surface area contributed by atoms with Crippen LogP contribution in [0.2, 0.25) is 5.02 Å². The van der Waals surface area contributed by atoms with E-state index in [4.69, 9.17) is 17.3 Å². The van der Waals surface area contributed by atoms with Gasteiger partial charge in [-0.3, -0.25) is 0 Å². The highest BCUT2D eigenvalue weighted by Gasteiger charge is 2.16. The highest BCUT2D eigenvalue weighted by atomic mass is 35.5. The Balaban J connectivity index is 2.90. The van der Waals surface area contributed by atoms with Crippen molar-refractivity contribution in [1.29, 1.82) is 0 Å². The van der Waals surface area contributed by atoms with Crippen LogP contribution in [-0.4, -0.2) is 31.6 Å². The van der Waals surface area contributed by atoms with Crippen molar-refractivity contribution in [1.82, 2.24) is 4.90 Å². The van der Waals surface area contributed by atoms with E-state index in [1.807, 2.05) is 14.1 Å². The molecule has 102 valence electrons. The lowest BCUT2D eigenvalue weighted by Crippen LogP contribution is -2.36. The molecular weight excluding hydrogens is 253 g/mol. The molecule has 0 saturated carbocycles. The number of likely N-dealkylation sites (N-methyl/N-ethyl adjacent to an activating group) is 1. The van der Waals surface area contributed by atoms with Gasteiger partial charge in [0.1, 0.15) is 5.82 Å². The zero-order valence-corrected chi connectivity index (χ0v) is 12.1. The first-order valence-electron chi connectivity index (χ1n) is 5.97. The maximum atomic E-state index is 13.2. The number of anilines is 2. The summed E-state index contributed by atoms with van der Waals surface area (Å²) in [4.78, 5) is 2.10. The van der Waals surface area contributed by atoms with Crippen LogP contribution >= 0.6 is 11.6 Å². The van der Waals surface area contributed by atoms with Crippen LogP contribution in [0.15, 0.2) is 12.1 Å². The Kier molecular flexibility index (Phi) is 5.23. The number of benzene rings is 1. The summed E-state index contributed by atoms with van der Waals surface area (Å²) in [7, 11) is 4.02. The van der Waals surface area contributed by atoms with Gasteiger partial charge in [-0.2, -0.15) is 0 Å². The number of hydrogen-bond acceptors (Lipinski definition) is 3. The lowest BCUT2D eigenvalue weighted by atomic mass is 10.0. The van der Waals surface area contributed by atoms with Crippen molar-refractivity contribution >= 4 is 23.0 Å². The molecule has 1 atom stereocenters. The molecule has 0 fully saturated rings. The minimum atomic E-state index is -0.492. The molecule has 1 aromatic carbocycles. The van der Waals surface area contributed by atoms with Gasteiger partial charge in [0.15, 0.2) is 0 Å². The molecule has 3 N–H and O–H groups in total. The molecule has 0 aliphatic heterocycles. The average Bonchev–Trinajstić information content (AvgIpc) is 2.23. The number of rotatable bonds is 5. The Labute approximate surface area is 113 Å². The van der Waals surface area contributed by atoms with Gasteiger partial charge in [-0.05, 0) is 26.1 Å². The fraction of sp³-hybridized carbons (Fsp3) is 0.538. The van der Waals surface area contributed by atoms with E-state index in [0.717, 1.165) is 6.54 Å². The molecule has 18 heavy (non-hydrogen) atoms. The van der Waals surface area contributed by atoms with Crippen molar-refractivity contribution in [2.24, 2.45) is 5.92 Å². The molecule has 1 aromatic rings. The van der Waals surface area contributed by atoms with Gasteiger partial charge in [0, 0.05) is 18.7 Å². The standard InChI is InChI=1S/C13H21ClFN3/c1-8(2)13(7-18(3)4)17-12-5-9(14)10(15)6-11(12)16/h5-6,8,13,17H,7,16H2,1-4H3. The molecule has 0 saturated heterocycles. The Morgan fingerprint density at radius 2 is 2.00 bits per heavy atom. The number of hydrogen-bond donors (Lipinski definition) is 2. The van der Waals surface area contributed by atoms with Gasteiger partial charge >= 0.3 is 0 Å². The van der Waals surface area contributed by atoms with E-state index in [2.05, 4.69) is 24.1 Å². The van der Waals surface area contributed by atoms with Gasteiger partial charge in [-0.1, -0.05) is 25.4 Å². The van der Waals surface area contributed by atoms with Crippen molar-refractivity contribution < 1.29 is 4.39 Å². The van der Waals surface area contributed by atoms with Crippen LogP contribution in [0.25, 0.3) is 0 Å². The molecule has 0 aromatic heterocycles. The number of nitrogens with two attached hydrogens (primary N) is 1. The summed E-state index contributed by atoms with van der Waals surface area (Å²) in [6, 6.07) is 3.01. The van der Waals surface area contributed by atoms with Crippen molar-refractivity contribution in [3.63, 3.8) is 0 Å². The van der Waals surface area contributed by atoms with E-state index in [1.54, 1.807) is 0 Å². The minimum Gasteiger partial charge on any atom is -0.397 e. The Hall–Kier alpha value is -1.00. The van der Waals surface area contributed by atoms with Crippen molar-refractivity contribution in [3.05, 3.63) is 23.0 Å². The normalized spacial score (nSPS) is 13.1. The zero-order chi connectivity index (χ0) is 13.9. The maximum absolute atomic E-state index is 13.2. The lowest BCUT2D eigenvalue weighted by molar-refractivity contribution is 0.344. The zero-order valence-electron chi connectivity index (χ0n) is 11.3. The van der Waals surface area contributed by atoms with Crippen molar-refractivity contribution in [3.8, 4) is 0 Å². The first-order chi connectivity index (χ1) is 8.31. The summed E-state index contributed by atoms with van der Waals surface area (Å²) in [5, 5.41) is 3.41. The molecule has 0 bridgehead atoms. The highest BCUT2D eigenvalue weighted by molar-refractivity contribution is 6.31. The topological polar surface area (TPSA) is 41.3 Å². The molecule has 0 spiro atoms. The number of nitrogen functional groups attached to an aromatic ring is 1. The van der Waals surface area contributed by atoms with Gasteiger partial charge in [0.2, 0.25) is 0 Å². The second kappa shape index (κ2) is 6.25. The summed E-state index contributed by atoms with van der Waals surface area (Å²) < 4.78 is 13.2. The number of nitrogens with zero attached hydrogens (tertiary/aromatic N) is 1. The molecule has 1 unspecified atom stereocenters. The fourth-order valence-corrected chi connectivity index (χ4v) is 1.87. The van der Waals surface area contributed by atoms with Crippen LogP contribution < -0.4 is 11.1 Å². The van der Waals surface area contributed by atoms with Gasteiger partial charge in [0.25, 0.3) is 0 Å². The lowest BCUT2D eigenvalue weighted by Gasteiger charge is -2.27.